The molecule has 7 heterocycles. The van der Waals surface area contributed by atoms with Gasteiger partial charge in [-0.1, -0.05) is 19.1 Å². The average molecular weight is 940 g/mol. The summed E-state index contributed by atoms with van der Waals surface area (Å²) in [5.41, 5.74) is 0.290. The number of ketones is 1. The van der Waals surface area contributed by atoms with Gasteiger partial charge in [0.2, 0.25) is 23.5 Å². The van der Waals surface area contributed by atoms with Crippen LogP contribution in [0.3, 0.4) is 0 Å². The number of halogens is 2. The van der Waals surface area contributed by atoms with Crippen molar-refractivity contribution in [3.05, 3.63) is 95.6 Å². The van der Waals surface area contributed by atoms with Crippen LogP contribution in [0, 0.1) is 17.6 Å². The third kappa shape index (κ3) is 8.78. The molecular weight excluding hydrogens is 893 g/mol. The van der Waals surface area contributed by atoms with Gasteiger partial charge in [-0.05, 0) is 80.6 Å². The molecule has 0 atom stereocenters. The Labute approximate surface area is 383 Å². The standard InChI is InChI=1S/C45H47F2N11O8S/c1-3-54(2)67(64,65)53-36-9-8-35(46)38(39(36)47)40(61)34-24-58(66-26-59)41-33(34)18-29(21-48-41)31-22-49-44(50-23-31)57-16-14-56(15-17-57)37(60)25-55-12-10-28(11-13-55)27-4-6-32(7-5-27)52-45-19-30(20-45)42(62)51-43(45)63/h4-9,18,21-24,26,28,30,52-53H,3,10-17,19-20,25H2,1-2H3,(H,51,62,63). The highest BCUT2D eigenvalue weighted by Gasteiger charge is 2.57. The van der Waals surface area contributed by atoms with Crippen molar-refractivity contribution in [1.82, 2.24) is 39.1 Å². The van der Waals surface area contributed by atoms with Crippen LogP contribution >= 0.6 is 0 Å². The van der Waals surface area contributed by atoms with Crippen molar-refractivity contribution in [2.45, 2.75) is 44.1 Å². The predicted molar refractivity (Wildman–Crippen MR) is 240 cm³/mol. The molecule has 350 valence electrons. The Kier molecular flexibility index (Phi) is 12.2. The van der Waals surface area contributed by atoms with Gasteiger partial charge in [0.05, 0.1) is 29.6 Å². The van der Waals surface area contributed by atoms with Gasteiger partial charge in [0.15, 0.2) is 11.5 Å². The second-order valence-corrected chi connectivity index (χ2v) is 19.0. The highest BCUT2D eigenvalue weighted by atomic mass is 32.2. The molecule has 1 saturated carbocycles. The Balaban J connectivity index is 0.797. The van der Waals surface area contributed by atoms with Crippen molar-refractivity contribution in [3.8, 4) is 11.1 Å². The molecule has 0 radical (unpaired) electrons. The molecule has 5 aromatic rings. The molecule has 4 aliphatic heterocycles. The largest absolute Gasteiger partial charge is 0.371 e. The van der Waals surface area contributed by atoms with E-state index in [1.54, 1.807) is 19.3 Å². The summed E-state index contributed by atoms with van der Waals surface area (Å²) in [6.45, 7) is 5.63. The first-order chi connectivity index (χ1) is 32.2. The molecule has 3 aromatic heterocycles. The molecule has 19 nitrogen and oxygen atoms in total. The van der Waals surface area contributed by atoms with Gasteiger partial charge in [-0.3, -0.25) is 38.9 Å². The second-order valence-electron chi connectivity index (χ2n) is 17.2. The van der Waals surface area contributed by atoms with Crippen molar-refractivity contribution in [3.63, 3.8) is 0 Å². The zero-order valence-electron chi connectivity index (χ0n) is 36.6. The summed E-state index contributed by atoms with van der Waals surface area (Å²) >= 11 is 0. The predicted octanol–water partition coefficient (Wildman–Crippen LogP) is 2.94. The van der Waals surface area contributed by atoms with Gasteiger partial charge >= 0.3 is 16.7 Å². The first-order valence-electron chi connectivity index (χ1n) is 21.9. The van der Waals surface area contributed by atoms with Crippen molar-refractivity contribution >= 4 is 68.5 Å². The third-order valence-electron chi connectivity index (χ3n) is 13.3. The molecule has 22 heteroatoms. The number of carbonyl (C=O) groups is 5. The lowest BCUT2D eigenvalue weighted by atomic mass is 9.64. The van der Waals surface area contributed by atoms with Crippen LogP contribution < -0.4 is 25.1 Å². The van der Waals surface area contributed by atoms with Gasteiger partial charge in [0.25, 0.3) is 5.91 Å². The van der Waals surface area contributed by atoms with Gasteiger partial charge in [-0.15, -0.1) is 0 Å². The normalized spacial score (nSPS) is 20.1. The minimum Gasteiger partial charge on any atom is -0.371 e. The number of hydrogen-bond acceptors (Lipinski definition) is 14. The van der Waals surface area contributed by atoms with E-state index in [1.165, 1.54) is 24.9 Å². The maximum atomic E-state index is 15.8. The summed E-state index contributed by atoms with van der Waals surface area (Å²) in [4.78, 5) is 87.4. The second kappa shape index (κ2) is 18.1. The first kappa shape index (κ1) is 45.3. The number of nitrogens with one attached hydrogen (secondary N) is 3. The van der Waals surface area contributed by atoms with E-state index in [-0.39, 0.29) is 53.3 Å². The number of carbonyl (C=O) groups excluding carboxylic acids is 5. The number of rotatable bonds is 15. The number of likely N-dealkylation sites (tertiary alicyclic amines) is 1. The summed E-state index contributed by atoms with van der Waals surface area (Å²) < 4.78 is 60.0. The minimum absolute atomic E-state index is 0.0169. The van der Waals surface area contributed by atoms with Crippen LogP contribution in [0.2, 0.25) is 0 Å². The maximum Gasteiger partial charge on any atom is 0.321 e. The lowest BCUT2D eigenvalue weighted by Gasteiger charge is -2.50. The Hall–Kier alpha value is -6.91. The fourth-order valence-corrected chi connectivity index (χ4v) is 10.1. The summed E-state index contributed by atoms with van der Waals surface area (Å²) in [5.74, 6) is -3.53. The van der Waals surface area contributed by atoms with Gasteiger partial charge in [0, 0.05) is 86.5 Å². The maximum absolute atomic E-state index is 15.8. The topological polar surface area (TPSA) is 221 Å². The number of amides is 3. The van der Waals surface area contributed by atoms with E-state index in [0.717, 1.165) is 59.0 Å². The minimum atomic E-state index is -4.22. The molecule has 0 unspecified atom stereocenters. The lowest BCUT2D eigenvalue weighted by molar-refractivity contribution is -0.149. The van der Waals surface area contributed by atoms with Crippen molar-refractivity contribution < 1.29 is 46.0 Å². The molecule has 2 aromatic carbocycles. The number of piperidine rings is 3. The molecular formula is C45H47F2N11O8S. The fraction of sp³-hybridized carbons (Fsp3) is 0.378. The Morgan fingerprint density at radius 2 is 1.63 bits per heavy atom. The van der Waals surface area contributed by atoms with Crippen LogP contribution in [0.15, 0.2) is 67.3 Å². The molecule has 4 saturated heterocycles. The smallest absolute Gasteiger partial charge is 0.321 e. The molecule has 67 heavy (non-hydrogen) atoms. The number of aromatic nitrogens is 4. The Morgan fingerprint density at radius 1 is 0.940 bits per heavy atom. The summed E-state index contributed by atoms with van der Waals surface area (Å²) in [5, 5.41) is 5.88. The van der Waals surface area contributed by atoms with Crippen LogP contribution in [0.4, 0.5) is 26.1 Å². The number of fused-ring (bicyclic) bond motifs is 3. The van der Waals surface area contributed by atoms with E-state index >= 15 is 8.78 Å². The van der Waals surface area contributed by atoms with Gasteiger partial charge in [-0.25, -0.2) is 23.7 Å². The van der Waals surface area contributed by atoms with E-state index in [0.29, 0.717) is 68.6 Å². The molecule has 3 N–H and O–H groups in total. The van der Waals surface area contributed by atoms with Crippen LogP contribution in [0.1, 0.15) is 60.0 Å². The molecule has 3 amide bonds. The van der Waals surface area contributed by atoms with Crippen LogP contribution in [0.25, 0.3) is 22.2 Å². The van der Waals surface area contributed by atoms with Crippen molar-refractivity contribution in [1.29, 1.82) is 0 Å². The SMILES string of the molecule is CCN(C)S(=O)(=O)Nc1ccc(F)c(C(=O)c2cn(OC=O)c3ncc(-c4cnc(N5CCN(C(=O)CN6CCC(c7ccc(NC89CC(C8)C(=O)NC9=O)cc7)CC6)CC5)nc4)cc23)c1F. The average Bonchev–Trinajstić information content (AvgIpc) is 3.68. The van der Waals surface area contributed by atoms with Crippen LogP contribution in [-0.2, 0) is 29.4 Å². The number of piperazine rings is 1. The monoisotopic (exact) mass is 939 g/mol. The zero-order valence-corrected chi connectivity index (χ0v) is 37.4. The van der Waals surface area contributed by atoms with E-state index in [4.69, 9.17) is 4.84 Å². The highest BCUT2D eigenvalue weighted by molar-refractivity contribution is 7.90. The van der Waals surface area contributed by atoms with E-state index in [1.807, 2.05) is 26.7 Å². The van der Waals surface area contributed by atoms with E-state index in [9.17, 15) is 32.4 Å². The van der Waals surface area contributed by atoms with Crippen LogP contribution in [0.5, 0.6) is 0 Å². The van der Waals surface area contributed by atoms with E-state index in [2.05, 4.69) is 42.6 Å². The molecule has 0 spiro atoms. The first-order valence-corrected chi connectivity index (χ1v) is 23.3. The number of anilines is 3. The van der Waals surface area contributed by atoms with E-state index < -0.39 is 44.4 Å². The number of pyridine rings is 1. The Morgan fingerprint density at radius 3 is 2.28 bits per heavy atom. The van der Waals surface area contributed by atoms with Gasteiger partial charge in [0.1, 0.15) is 11.4 Å². The molecule has 1 aliphatic carbocycles. The number of hydrogen-bond donors (Lipinski definition) is 3. The van der Waals surface area contributed by atoms with Crippen LogP contribution in [-0.4, -0.2) is 137 Å². The summed E-state index contributed by atoms with van der Waals surface area (Å²) in [6, 6.07) is 11.3. The van der Waals surface area contributed by atoms with Crippen molar-refractivity contribution in [2.75, 3.05) is 74.3 Å². The molecule has 5 aliphatic rings. The quantitative estimate of drug-likeness (QED) is 0.0781. The third-order valence-corrected chi connectivity index (χ3v) is 14.8. The van der Waals surface area contributed by atoms with Gasteiger partial charge in [-0.2, -0.15) is 17.5 Å². The molecule has 10 rings (SSSR count). The molecule has 2 bridgehead atoms. The number of benzene rings is 2. The summed E-state index contributed by atoms with van der Waals surface area (Å²) in [6.07, 6.45) is 8.49. The summed E-state index contributed by atoms with van der Waals surface area (Å²) in [7, 11) is -2.96. The van der Waals surface area contributed by atoms with Gasteiger partial charge < -0.3 is 20.0 Å². The highest BCUT2D eigenvalue weighted by Crippen LogP contribution is 2.44. The number of nitrogens with zero attached hydrogens (tertiary/aromatic N) is 8. The van der Waals surface area contributed by atoms with Crippen molar-refractivity contribution in [2.24, 2.45) is 5.92 Å². The zero-order chi connectivity index (χ0) is 47.2. The molecule has 5 fully saturated rings. The fourth-order valence-electron chi connectivity index (χ4n) is 9.17. The number of imide groups is 1. The Bertz CT molecular complexity index is 2880. The lowest BCUT2D eigenvalue weighted by Crippen LogP contribution is -2.69.